The molecule has 0 aliphatic heterocycles. The quantitative estimate of drug-likeness (QED) is 0.593. The van der Waals surface area contributed by atoms with Crippen molar-refractivity contribution in [1.29, 1.82) is 0 Å². The van der Waals surface area contributed by atoms with Crippen LogP contribution in [0.15, 0.2) is 24.4 Å². The molecule has 0 aliphatic rings. The summed E-state index contributed by atoms with van der Waals surface area (Å²) in [6, 6.07) is 4.20. The van der Waals surface area contributed by atoms with Gasteiger partial charge >= 0.3 is 11.9 Å². The molecule has 1 aromatic rings. The van der Waals surface area contributed by atoms with E-state index < -0.39 is 23.9 Å². The van der Waals surface area contributed by atoms with E-state index in [4.69, 9.17) is 5.73 Å². The number of pyridine rings is 1. The summed E-state index contributed by atoms with van der Waals surface area (Å²) < 4.78 is 4.66. The van der Waals surface area contributed by atoms with Crippen LogP contribution in [0.1, 0.15) is 12.8 Å². The number of nitrogens with two attached hydrogens (primary N) is 1. The maximum atomic E-state index is 11.6. The predicted molar refractivity (Wildman–Crippen MR) is 73.1 cm³/mol. The van der Waals surface area contributed by atoms with E-state index >= 15 is 0 Å². The summed E-state index contributed by atoms with van der Waals surface area (Å²) in [7, 11) is 1.27. The van der Waals surface area contributed by atoms with Crippen LogP contribution >= 0.6 is 0 Å². The second-order valence-electron chi connectivity index (χ2n) is 4.28. The highest BCUT2D eigenvalue weighted by Gasteiger charge is 2.27. The Morgan fingerprint density at radius 1 is 1.50 bits per heavy atom. The zero-order valence-electron chi connectivity index (χ0n) is 11.3. The molecular formula is C13H19N3O4. The lowest BCUT2D eigenvalue weighted by molar-refractivity contribution is -0.146. The fraction of sp³-hybridized carbons (Fsp3) is 0.462. The molecule has 0 saturated carbocycles. The highest BCUT2D eigenvalue weighted by atomic mass is 16.5. The SMILES string of the molecule is COC(=O)C(CCN)CC(Nc1ccccn1)C(=O)O. The van der Waals surface area contributed by atoms with Crippen molar-refractivity contribution < 1.29 is 19.4 Å². The molecule has 0 bridgehead atoms. The number of esters is 1. The van der Waals surface area contributed by atoms with Gasteiger partial charge in [0.25, 0.3) is 0 Å². The molecule has 20 heavy (non-hydrogen) atoms. The third-order valence-electron chi connectivity index (χ3n) is 2.85. The Labute approximate surface area is 117 Å². The van der Waals surface area contributed by atoms with Crippen molar-refractivity contribution in [3.63, 3.8) is 0 Å². The number of hydrogen-bond donors (Lipinski definition) is 3. The van der Waals surface area contributed by atoms with Gasteiger partial charge in [-0.3, -0.25) is 4.79 Å². The van der Waals surface area contributed by atoms with Gasteiger partial charge in [-0.2, -0.15) is 0 Å². The van der Waals surface area contributed by atoms with Gasteiger partial charge < -0.3 is 20.9 Å². The molecular weight excluding hydrogens is 262 g/mol. The number of carbonyl (C=O) groups excluding carboxylic acids is 1. The van der Waals surface area contributed by atoms with Crippen LogP contribution in [-0.2, 0) is 14.3 Å². The molecule has 0 saturated heterocycles. The number of ether oxygens (including phenoxy) is 1. The van der Waals surface area contributed by atoms with E-state index in [-0.39, 0.29) is 13.0 Å². The van der Waals surface area contributed by atoms with Crippen LogP contribution < -0.4 is 11.1 Å². The molecule has 0 fully saturated rings. The van der Waals surface area contributed by atoms with Crippen LogP contribution in [0.3, 0.4) is 0 Å². The molecule has 1 rings (SSSR count). The maximum Gasteiger partial charge on any atom is 0.326 e. The number of nitrogens with one attached hydrogen (secondary N) is 1. The molecule has 7 heteroatoms. The molecule has 4 N–H and O–H groups in total. The second-order valence-corrected chi connectivity index (χ2v) is 4.28. The Balaban J connectivity index is 2.75. The van der Waals surface area contributed by atoms with Crippen molar-refractivity contribution in [2.24, 2.45) is 11.7 Å². The molecule has 110 valence electrons. The number of rotatable bonds is 8. The molecule has 0 spiro atoms. The largest absolute Gasteiger partial charge is 0.480 e. The van der Waals surface area contributed by atoms with Crippen molar-refractivity contribution in [3.05, 3.63) is 24.4 Å². The second kappa shape index (κ2) is 8.11. The van der Waals surface area contributed by atoms with Gasteiger partial charge in [0.2, 0.25) is 0 Å². The minimum atomic E-state index is -1.05. The van der Waals surface area contributed by atoms with Crippen LogP contribution in [-0.4, -0.2) is 41.7 Å². The average molecular weight is 281 g/mol. The Morgan fingerprint density at radius 3 is 2.75 bits per heavy atom. The van der Waals surface area contributed by atoms with Crippen molar-refractivity contribution in [2.45, 2.75) is 18.9 Å². The minimum absolute atomic E-state index is 0.0930. The zero-order chi connectivity index (χ0) is 15.0. The van der Waals surface area contributed by atoms with E-state index in [0.717, 1.165) is 0 Å². The van der Waals surface area contributed by atoms with Gasteiger partial charge in [0.1, 0.15) is 11.9 Å². The number of methoxy groups -OCH3 is 1. The lowest BCUT2D eigenvalue weighted by atomic mass is 9.96. The van der Waals surface area contributed by atoms with Gasteiger partial charge in [0, 0.05) is 6.20 Å². The highest BCUT2D eigenvalue weighted by molar-refractivity contribution is 5.79. The molecule has 2 unspecified atom stereocenters. The summed E-state index contributed by atoms with van der Waals surface area (Å²) in [5.74, 6) is -1.62. The molecule has 0 aromatic carbocycles. The normalized spacial score (nSPS) is 13.3. The van der Waals surface area contributed by atoms with Gasteiger partial charge in [-0.05, 0) is 31.5 Å². The molecule has 0 radical (unpaired) electrons. The van der Waals surface area contributed by atoms with E-state index in [1.807, 2.05) is 0 Å². The molecule has 7 nitrogen and oxygen atoms in total. The number of nitrogens with zero attached hydrogens (tertiary/aromatic N) is 1. The van der Waals surface area contributed by atoms with E-state index in [1.54, 1.807) is 24.4 Å². The smallest absolute Gasteiger partial charge is 0.326 e. The summed E-state index contributed by atoms with van der Waals surface area (Å²) in [5, 5.41) is 12.0. The third-order valence-corrected chi connectivity index (χ3v) is 2.85. The summed E-state index contributed by atoms with van der Waals surface area (Å²) >= 11 is 0. The summed E-state index contributed by atoms with van der Waals surface area (Å²) in [6.45, 7) is 0.287. The molecule has 0 aliphatic carbocycles. The van der Waals surface area contributed by atoms with E-state index in [9.17, 15) is 14.7 Å². The van der Waals surface area contributed by atoms with Gasteiger partial charge in [-0.15, -0.1) is 0 Å². The lowest BCUT2D eigenvalue weighted by Gasteiger charge is -2.20. The van der Waals surface area contributed by atoms with E-state index in [1.165, 1.54) is 7.11 Å². The summed E-state index contributed by atoms with van der Waals surface area (Å²) in [6.07, 6.45) is 2.02. The van der Waals surface area contributed by atoms with Crippen LogP contribution in [0, 0.1) is 5.92 Å². The van der Waals surface area contributed by atoms with Crippen molar-refractivity contribution in [2.75, 3.05) is 19.0 Å². The fourth-order valence-electron chi connectivity index (χ4n) is 1.83. The van der Waals surface area contributed by atoms with Gasteiger partial charge in [-0.1, -0.05) is 6.07 Å². The summed E-state index contributed by atoms with van der Waals surface area (Å²) in [4.78, 5) is 26.9. The van der Waals surface area contributed by atoms with Crippen molar-refractivity contribution in [3.8, 4) is 0 Å². The van der Waals surface area contributed by atoms with Crippen LogP contribution in [0.25, 0.3) is 0 Å². The lowest BCUT2D eigenvalue weighted by Crippen LogP contribution is -2.35. The van der Waals surface area contributed by atoms with E-state index in [0.29, 0.717) is 12.2 Å². The minimum Gasteiger partial charge on any atom is -0.480 e. The number of carboxylic acid groups (broad SMARTS) is 1. The monoisotopic (exact) mass is 281 g/mol. The number of carboxylic acids is 1. The predicted octanol–water partition coefficient (Wildman–Crippen LogP) is 0.475. The number of aliphatic carboxylic acids is 1. The molecule has 2 atom stereocenters. The Morgan fingerprint density at radius 2 is 2.25 bits per heavy atom. The Kier molecular flexibility index (Phi) is 6.45. The first-order chi connectivity index (χ1) is 9.58. The number of hydrogen-bond acceptors (Lipinski definition) is 6. The van der Waals surface area contributed by atoms with Crippen LogP contribution in [0.2, 0.25) is 0 Å². The molecule has 1 aromatic heterocycles. The average Bonchev–Trinajstić information content (AvgIpc) is 2.46. The third kappa shape index (κ3) is 4.85. The van der Waals surface area contributed by atoms with Crippen molar-refractivity contribution in [1.82, 2.24) is 4.98 Å². The summed E-state index contributed by atoms with van der Waals surface area (Å²) in [5.41, 5.74) is 5.44. The Bertz CT molecular complexity index is 439. The van der Waals surface area contributed by atoms with Gasteiger partial charge in [-0.25, -0.2) is 9.78 Å². The molecule has 1 heterocycles. The van der Waals surface area contributed by atoms with Gasteiger partial charge in [0.05, 0.1) is 13.0 Å². The van der Waals surface area contributed by atoms with Crippen LogP contribution in [0.5, 0.6) is 0 Å². The number of anilines is 1. The highest BCUT2D eigenvalue weighted by Crippen LogP contribution is 2.16. The standard InChI is InChI=1S/C13H19N3O4/c1-20-13(19)9(5-6-14)8-10(12(17)18)16-11-4-2-3-7-15-11/h2-4,7,9-10H,5-6,8,14H2,1H3,(H,15,16)(H,17,18). The van der Waals surface area contributed by atoms with Gasteiger partial charge in [0.15, 0.2) is 0 Å². The molecule has 0 amide bonds. The Hall–Kier alpha value is -2.15. The number of aromatic nitrogens is 1. The zero-order valence-corrected chi connectivity index (χ0v) is 11.3. The van der Waals surface area contributed by atoms with Crippen molar-refractivity contribution >= 4 is 17.8 Å². The first kappa shape index (κ1) is 15.9. The maximum absolute atomic E-state index is 11.6. The topological polar surface area (TPSA) is 115 Å². The number of carbonyl (C=O) groups is 2. The van der Waals surface area contributed by atoms with E-state index in [2.05, 4.69) is 15.0 Å². The first-order valence-corrected chi connectivity index (χ1v) is 6.26. The first-order valence-electron chi connectivity index (χ1n) is 6.26. The van der Waals surface area contributed by atoms with Crippen LogP contribution in [0.4, 0.5) is 5.82 Å². The fourth-order valence-corrected chi connectivity index (χ4v) is 1.83.